The van der Waals surface area contributed by atoms with Gasteiger partial charge in [0, 0.05) is 23.3 Å². The molecule has 178 valence electrons. The van der Waals surface area contributed by atoms with Gasteiger partial charge in [0.15, 0.2) is 0 Å². The molecule has 35 heavy (non-hydrogen) atoms. The lowest BCUT2D eigenvalue weighted by Gasteiger charge is -2.27. The van der Waals surface area contributed by atoms with E-state index in [9.17, 15) is 18.8 Å². The molecular formula is C27H22F2N2O4. The Hall–Kier alpha value is -4.38. The summed E-state index contributed by atoms with van der Waals surface area (Å²) in [5, 5.41) is 9.60. The highest BCUT2D eigenvalue weighted by molar-refractivity contribution is 5.91. The van der Waals surface area contributed by atoms with Crippen LogP contribution in [-0.4, -0.2) is 12.6 Å². The van der Waals surface area contributed by atoms with Gasteiger partial charge in [0.2, 0.25) is 5.88 Å². The van der Waals surface area contributed by atoms with Gasteiger partial charge in [0.05, 0.1) is 18.1 Å². The molecule has 0 radical (unpaired) electrons. The van der Waals surface area contributed by atoms with Crippen LogP contribution in [0.5, 0.6) is 17.2 Å². The maximum Gasteiger partial charge on any atom is 0.343 e. The molecule has 4 rings (SSSR count). The molecular weight excluding hydrogens is 454 g/mol. The molecule has 1 aliphatic heterocycles. The van der Waals surface area contributed by atoms with Gasteiger partial charge in [-0.15, -0.1) is 0 Å². The molecule has 0 aromatic heterocycles. The van der Waals surface area contributed by atoms with Crippen LogP contribution in [0.3, 0.4) is 0 Å². The zero-order valence-electron chi connectivity index (χ0n) is 18.9. The van der Waals surface area contributed by atoms with Gasteiger partial charge in [-0.2, -0.15) is 5.26 Å². The number of unbranched alkanes of at least 4 members (excludes halogenated alkanes) is 1. The Morgan fingerprint density at radius 1 is 1.06 bits per heavy atom. The summed E-state index contributed by atoms with van der Waals surface area (Å²) < 4.78 is 44.7. The third-order valence-corrected chi connectivity index (χ3v) is 5.53. The number of fused-ring (bicyclic) bond motifs is 1. The Morgan fingerprint density at radius 3 is 2.46 bits per heavy atom. The minimum absolute atomic E-state index is 0.00556. The standard InChI is InChI=1S/C27H22F2N2O4/c1-2-3-12-33-18-7-4-16(5-8-18)27(32)34-19-9-11-21-24(14-19)35-26(31)22(15-30)25(21)20-10-6-17(28)13-23(20)29/h4-11,13-14,25H,2-3,12,31H2,1H3. The number of ether oxygens (including phenoxy) is 3. The van der Waals surface area contributed by atoms with Gasteiger partial charge in [0.25, 0.3) is 0 Å². The number of nitrogens with zero attached hydrogens (tertiary/aromatic N) is 1. The average molecular weight is 476 g/mol. The smallest absolute Gasteiger partial charge is 0.343 e. The third-order valence-electron chi connectivity index (χ3n) is 5.53. The number of allylic oxidation sites excluding steroid dienone is 1. The maximum absolute atomic E-state index is 14.6. The molecule has 2 N–H and O–H groups in total. The molecule has 0 spiro atoms. The molecule has 6 nitrogen and oxygen atoms in total. The summed E-state index contributed by atoms with van der Waals surface area (Å²) in [5.74, 6) is -2.25. The van der Waals surface area contributed by atoms with Crippen LogP contribution in [0.4, 0.5) is 8.78 Å². The highest BCUT2D eigenvalue weighted by atomic mass is 19.1. The normalized spacial score (nSPS) is 14.5. The van der Waals surface area contributed by atoms with Crippen molar-refractivity contribution in [3.8, 4) is 23.3 Å². The first-order chi connectivity index (χ1) is 16.9. The first-order valence-corrected chi connectivity index (χ1v) is 11.0. The minimum Gasteiger partial charge on any atom is -0.494 e. The maximum atomic E-state index is 14.6. The molecule has 1 atom stereocenters. The summed E-state index contributed by atoms with van der Waals surface area (Å²) in [6.45, 7) is 2.67. The fourth-order valence-electron chi connectivity index (χ4n) is 3.74. The van der Waals surface area contributed by atoms with E-state index in [1.807, 2.05) is 6.07 Å². The van der Waals surface area contributed by atoms with E-state index in [2.05, 4.69) is 6.92 Å². The molecule has 0 fully saturated rings. The summed E-state index contributed by atoms with van der Waals surface area (Å²) in [6, 6.07) is 16.1. The molecule has 0 saturated heterocycles. The van der Waals surface area contributed by atoms with Gasteiger partial charge in [0.1, 0.15) is 40.5 Å². The van der Waals surface area contributed by atoms with Gasteiger partial charge >= 0.3 is 5.97 Å². The summed E-state index contributed by atoms with van der Waals surface area (Å²) >= 11 is 0. The Morgan fingerprint density at radius 2 is 1.77 bits per heavy atom. The number of carbonyl (C=O) groups excluding carboxylic acids is 1. The summed E-state index contributed by atoms with van der Waals surface area (Å²) in [4.78, 5) is 12.6. The molecule has 3 aromatic carbocycles. The van der Waals surface area contributed by atoms with Crippen molar-refractivity contribution in [1.82, 2.24) is 0 Å². The molecule has 0 amide bonds. The fourth-order valence-corrected chi connectivity index (χ4v) is 3.74. The summed E-state index contributed by atoms with van der Waals surface area (Å²) in [5.41, 5.74) is 6.74. The van der Waals surface area contributed by atoms with Crippen molar-refractivity contribution in [3.05, 3.63) is 100 Å². The lowest BCUT2D eigenvalue weighted by atomic mass is 9.83. The summed E-state index contributed by atoms with van der Waals surface area (Å²) in [6.07, 6.45) is 1.96. The number of carbonyl (C=O) groups is 1. The Bertz CT molecular complexity index is 1330. The van der Waals surface area contributed by atoms with Crippen molar-refractivity contribution >= 4 is 5.97 Å². The van der Waals surface area contributed by atoms with Crippen molar-refractivity contribution < 1.29 is 27.8 Å². The van der Waals surface area contributed by atoms with E-state index < -0.39 is 23.5 Å². The quantitative estimate of drug-likeness (QED) is 0.272. The van der Waals surface area contributed by atoms with Crippen LogP contribution >= 0.6 is 0 Å². The predicted octanol–water partition coefficient (Wildman–Crippen LogP) is 5.58. The largest absolute Gasteiger partial charge is 0.494 e. The molecule has 0 bridgehead atoms. The number of nitrogens with two attached hydrogens (primary N) is 1. The minimum atomic E-state index is -0.908. The van der Waals surface area contributed by atoms with Crippen LogP contribution < -0.4 is 19.9 Å². The Kier molecular flexibility index (Phi) is 6.97. The SMILES string of the molecule is CCCCOc1ccc(C(=O)Oc2ccc3c(c2)OC(N)=C(C#N)C3c2ccc(F)cc2F)cc1. The summed E-state index contributed by atoms with van der Waals surface area (Å²) in [7, 11) is 0. The van der Waals surface area contributed by atoms with E-state index in [-0.39, 0.29) is 28.5 Å². The topological polar surface area (TPSA) is 94.6 Å². The number of hydrogen-bond donors (Lipinski definition) is 1. The van der Waals surface area contributed by atoms with Gasteiger partial charge < -0.3 is 19.9 Å². The van der Waals surface area contributed by atoms with Crippen molar-refractivity contribution in [2.24, 2.45) is 5.73 Å². The lowest BCUT2D eigenvalue weighted by Crippen LogP contribution is -2.22. The first kappa shape index (κ1) is 23.8. The van der Waals surface area contributed by atoms with Crippen molar-refractivity contribution in [3.63, 3.8) is 0 Å². The Balaban J connectivity index is 1.58. The number of nitriles is 1. The van der Waals surface area contributed by atoms with Crippen LogP contribution in [0, 0.1) is 23.0 Å². The monoisotopic (exact) mass is 476 g/mol. The van der Waals surface area contributed by atoms with Gasteiger partial charge in [-0.05, 0) is 42.8 Å². The highest BCUT2D eigenvalue weighted by Crippen LogP contribution is 2.44. The average Bonchev–Trinajstić information content (AvgIpc) is 2.84. The van der Waals surface area contributed by atoms with E-state index in [0.717, 1.165) is 25.0 Å². The molecule has 0 saturated carbocycles. The number of esters is 1. The molecule has 1 heterocycles. The van der Waals surface area contributed by atoms with E-state index in [1.54, 1.807) is 30.3 Å². The second-order valence-electron chi connectivity index (χ2n) is 7.91. The van der Waals surface area contributed by atoms with Crippen LogP contribution in [-0.2, 0) is 0 Å². The predicted molar refractivity (Wildman–Crippen MR) is 124 cm³/mol. The van der Waals surface area contributed by atoms with Crippen LogP contribution in [0.2, 0.25) is 0 Å². The van der Waals surface area contributed by atoms with Crippen LogP contribution in [0.25, 0.3) is 0 Å². The zero-order valence-corrected chi connectivity index (χ0v) is 18.9. The second kappa shape index (κ2) is 10.3. The van der Waals surface area contributed by atoms with Crippen molar-refractivity contribution in [1.29, 1.82) is 5.26 Å². The molecule has 1 unspecified atom stereocenters. The molecule has 1 aliphatic rings. The van der Waals surface area contributed by atoms with Gasteiger partial charge in [-0.3, -0.25) is 0 Å². The van der Waals surface area contributed by atoms with E-state index >= 15 is 0 Å². The van der Waals surface area contributed by atoms with Crippen LogP contribution in [0.1, 0.15) is 47.2 Å². The number of halogens is 2. The lowest BCUT2D eigenvalue weighted by molar-refractivity contribution is 0.0734. The second-order valence-corrected chi connectivity index (χ2v) is 7.91. The number of rotatable bonds is 7. The highest BCUT2D eigenvalue weighted by Gasteiger charge is 2.33. The number of hydrogen-bond acceptors (Lipinski definition) is 6. The molecule has 0 aliphatic carbocycles. The van der Waals surface area contributed by atoms with E-state index in [0.29, 0.717) is 23.5 Å². The molecule has 8 heteroatoms. The van der Waals surface area contributed by atoms with Crippen molar-refractivity contribution in [2.75, 3.05) is 6.61 Å². The van der Waals surface area contributed by atoms with Gasteiger partial charge in [-0.1, -0.05) is 25.5 Å². The van der Waals surface area contributed by atoms with E-state index in [1.165, 1.54) is 18.2 Å². The third kappa shape index (κ3) is 5.09. The van der Waals surface area contributed by atoms with E-state index in [4.69, 9.17) is 19.9 Å². The van der Waals surface area contributed by atoms with Crippen molar-refractivity contribution in [2.45, 2.75) is 25.7 Å². The number of benzene rings is 3. The zero-order chi connectivity index (χ0) is 24.9. The molecule has 3 aromatic rings. The van der Waals surface area contributed by atoms with Crippen LogP contribution in [0.15, 0.2) is 72.1 Å². The Labute approximate surface area is 201 Å². The van der Waals surface area contributed by atoms with Gasteiger partial charge in [-0.25, -0.2) is 13.6 Å². The first-order valence-electron chi connectivity index (χ1n) is 11.0. The fraction of sp³-hybridized carbons (Fsp3) is 0.185.